The molecule has 0 aliphatic heterocycles. The lowest BCUT2D eigenvalue weighted by atomic mass is 10.1. The van der Waals surface area contributed by atoms with Crippen LogP contribution < -0.4 is 10.6 Å². The zero-order chi connectivity index (χ0) is 12.3. The molecule has 88 valence electrons. The molecular formula is C11H14BrFN2O. The minimum Gasteiger partial charge on any atom is -0.333 e. The number of halogens is 2. The van der Waals surface area contributed by atoms with Crippen LogP contribution in [0.5, 0.6) is 0 Å². The smallest absolute Gasteiger partial charge is 0.319 e. The highest BCUT2D eigenvalue weighted by Crippen LogP contribution is 2.19. The molecule has 0 aromatic heterocycles. The second-order valence-corrected chi connectivity index (χ2v) is 5.31. The number of amides is 2. The van der Waals surface area contributed by atoms with Gasteiger partial charge in [0.05, 0.1) is 4.47 Å². The van der Waals surface area contributed by atoms with Gasteiger partial charge in [-0.15, -0.1) is 0 Å². The van der Waals surface area contributed by atoms with Crippen molar-refractivity contribution in [2.45, 2.75) is 26.3 Å². The van der Waals surface area contributed by atoms with Crippen LogP contribution in [0.25, 0.3) is 0 Å². The molecule has 0 saturated carbocycles. The molecule has 0 fully saturated rings. The van der Waals surface area contributed by atoms with E-state index in [-0.39, 0.29) is 11.6 Å². The molecule has 0 aliphatic carbocycles. The van der Waals surface area contributed by atoms with Gasteiger partial charge in [-0.25, -0.2) is 9.18 Å². The average Bonchev–Trinajstić information content (AvgIpc) is 2.08. The Kier molecular flexibility index (Phi) is 3.91. The van der Waals surface area contributed by atoms with Gasteiger partial charge in [-0.05, 0) is 54.9 Å². The number of nitrogens with one attached hydrogen (secondary N) is 2. The summed E-state index contributed by atoms with van der Waals surface area (Å²) in [5.74, 6) is -0.409. The molecule has 0 heterocycles. The van der Waals surface area contributed by atoms with Crippen molar-refractivity contribution in [2.75, 3.05) is 5.32 Å². The Morgan fingerprint density at radius 3 is 2.50 bits per heavy atom. The van der Waals surface area contributed by atoms with Crippen LogP contribution in [0.4, 0.5) is 14.9 Å². The summed E-state index contributed by atoms with van der Waals surface area (Å²) in [6.45, 7) is 5.61. The van der Waals surface area contributed by atoms with Gasteiger partial charge < -0.3 is 10.6 Å². The molecule has 3 nitrogen and oxygen atoms in total. The molecule has 2 amide bonds. The number of carbonyl (C=O) groups is 1. The molecule has 0 aliphatic rings. The van der Waals surface area contributed by atoms with Gasteiger partial charge in [-0.3, -0.25) is 0 Å². The third kappa shape index (κ3) is 4.18. The first-order valence-electron chi connectivity index (χ1n) is 4.82. The van der Waals surface area contributed by atoms with Crippen LogP contribution in [-0.4, -0.2) is 11.6 Å². The maximum atomic E-state index is 13.1. The molecule has 0 saturated heterocycles. The Labute approximate surface area is 103 Å². The van der Waals surface area contributed by atoms with E-state index in [9.17, 15) is 9.18 Å². The molecule has 16 heavy (non-hydrogen) atoms. The Balaban J connectivity index is 2.67. The van der Waals surface area contributed by atoms with Crippen LogP contribution in [0, 0.1) is 5.82 Å². The molecule has 1 aromatic carbocycles. The highest BCUT2D eigenvalue weighted by atomic mass is 79.9. The van der Waals surface area contributed by atoms with Crippen LogP contribution in [0.3, 0.4) is 0 Å². The van der Waals surface area contributed by atoms with Crippen molar-refractivity contribution in [2.24, 2.45) is 0 Å². The second kappa shape index (κ2) is 4.82. The predicted octanol–water partition coefficient (Wildman–Crippen LogP) is 3.51. The largest absolute Gasteiger partial charge is 0.333 e. The van der Waals surface area contributed by atoms with Crippen molar-refractivity contribution >= 4 is 27.6 Å². The zero-order valence-corrected chi connectivity index (χ0v) is 11.0. The predicted molar refractivity (Wildman–Crippen MR) is 66.0 cm³/mol. The van der Waals surface area contributed by atoms with E-state index in [0.717, 1.165) is 0 Å². The Hall–Kier alpha value is -1.10. The minimum absolute atomic E-state index is 0.321. The van der Waals surface area contributed by atoms with E-state index in [1.54, 1.807) is 12.1 Å². The fraction of sp³-hybridized carbons (Fsp3) is 0.364. The van der Waals surface area contributed by atoms with E-state index in [1.807, 2.05) is 20.8 Å². The number of hydrogen-bond acceptors (Lipinski definition) is 1. The first-order valence-corrected chi connectivity index (χ1v) is 5.61. The van der Waals surface area contributed by atoms with E-state index >= 15 is 0 Å². The van der Waals surface area contributed by atoms with Gasteiger partial charge in [0, 0.05) is 11.2 Å². The lowest BCUT2D eigenvalue weighted by Gasteiger charge is -2.20. The Morgan fingerprint density at radius 2 is 2.00 bits per heavy atom. The van der Waals surface area contributed by atoms with Crippen molar-refractivity contribution < 1.29 is 9.18 Å². The highest BCUT2D eigenvalue weighted by molar-refractivity contribution is 9.10. The first-order chi connectivity index (χ1) is 7.28. The summed E-state index contributed by atoms with van der Waals surface area (Å²) < 4.78 is 13.5. The average molecular weight is 289 g/mol. The number of hydrogen-bond donors (Lipinski definition) is 2. The van der Waals surface area contributed by atoms with Gasteiger partial charge in [-0.1, -0.05) is 0 Å². The summed E-state index contributed by atoms with van der Waals surface area (Å²) in [7, 11) is 0. The molecule has 2 N–H and O–H groups in total. The highest BCUT2D eigenvalue weighted by Gasteiger charge is 2.13. The van der Waals surface area contributed by atoms with Gasteiger partial charge in [0.1, 0.15) is 5.82 Å². The summed E-state index contributed by atoms with van der Waals surface area (Å²) >= 11 is 3.04. The quantitative estimate of drug-likeness (QED) is 0.816. The fourth-order valence-corrected chi connectivity index (χ4v) is 1.32. The van der Waals surface area contributed by atoms with Crippen LogP contribution >= 0.6 is 15.9 Å². The molecule has 5 heteroatoms. The normalized spacial score (nSPS) is 11.1. The van der Waals surface area contributed by atoms with E-state index in [0.29, 0.717) is 10.2 Å². The summed E-state index contributed by atoms with van der Waals surface area (Å²) in [6, 6.07) is 4.07. The molecule has 1 aromatic rings. The monoisotopic (exact) mass is 288 g/mol. The summed E-state index contributed by atoms with van der Waals surface area (Å²) in [5.41, 5.74) is 0.0975. The Morgan fingerprint density at radius 1 is 1.38 bits per heavy atom. The van der Waals surface area contributed by atoms with E-state index in [1.165, 1.54) is 6.07 Å². The van der Waals surface area contributed by atoms with Crippen LogP contribution in [0.2, 0.25) is 0 Å². The topological polar surface area (TPSA) is 41.1 Å². The standard InChI is InChI=1S/C11H14BrFN2O/c1-11(2,3)15-10(16)14-7-4-5-8(12)9(13)6-7/h4-6H,1-3H3,(H2,14,15,16). The van der Waals surface area contributed by atoms with Gasteiger partial charge in [0.2, 0.25) is 0 Å². The summed E-state index contributed by atoms with van der Waals surface area (Å²) in [5, 5.41) is 5.27. The van der Waals surface area contributed by atoms with Crippen LogP contribution in [0.1, 0.15) is 20.8 Å². The van der Waals surface area contributed by atoms with Gasteiger partial charge in [0.15, 0.2) is 0 Å². The lowest BCUT2D eigenvalue weighted by Crippen LogP contribution is -2.43. The number of urea groups is 1. The third-order valence-electron chi connectivity index (χ3n) is 1.67. The first kappa shape index (κ1) is 13.0. The van der Waals surface area contributed by atoms with Crippen molar-refractivity contribution in [1.29, 1.82) is 0 Å². The van der Waals surface area contributed by atoms with Gasteiger partial charge >= 0.3 is 6.03 Å². The molecule has 0 unspecified atom stereocenters. The summed E-state index contributed by atoms with van der Waals surface area (Å²) in [4.78, 5) is 11.5. The maximum absolute atomic E-state index is 13.1. The summed E-state index contributed by atoms with van der Waals surface area (Å²) in [6.07, 6.45) is 0. The number of rotatable bonds is 1. The van der Waals surface area contributed by atoms with Crippen molar-refractivity contribution in [3.63, 3.8) is 0 Å². The van der Waals surface area contributed by atoms with Crippen molar-refractivity contribution in [3.8, 4) is 0 Å². The molecular weight excluding hydrogens is 275 g/mol. The van der Waals surface area contributed by atoms with E-state index in [2.05, 4.69) is 26.6 Å². The fourth-order valence-electron chi connectivity index (χ4n) is 1.08. The Bertz CT molecular complexity index is 401. The van der Waals surface area contributed by atoms with Gasteiger partial charge in [0.25, 0.3) is 0 Å². The molecule has 0 spiro atoms. The number of benzene rings is 1. The van der Waals surface area contributed by atoms with Crippen LogP contribution in [-0.2, 0) is 0 Å². The maximum Gasteiger partial charge on any atom is 0.319 e. The minimum atomic E-state index is -0.409. The molecule has 1 rings (SSSR count). The van der Waals surface area contributed by atoms with E-state index < -0.39 is 5.82 Å². The molecule has 0 bridgehead atoms. The van der Waals surface area contributed by atoms with E-state index in [4.69, 9.17) is 0 Å². The van der Waals surface area contributed by atoms with Gasteiger partial charge in [-0.2, -0.15) is 0 Å². The number of anilines is 1. The van der Waals surface area contributed by atoms with Crippen molar-refractivity contribution in [3.05, 3.63) is 28.5 Å². The third-order valence-corrected chi connectivity index (χ3v) is 2.31. The second-order valence-electron chi connectivity index (χ2n) is 4.46. The zero-order valence-electron chi connectivity index (χ0n) is 9.40. The SMILES string of the molecule is CC(C)(C)NC(=O)Nc1ccc(Br)c(F)c1. The van der Waals surface area contributed by atoms with Crippen LogP contribution in [0.15, 0.2) is 22.7 Å². The lowest BCUT2D eigenvalue weighted by molar-refractivity contribution is 0.244. The molecule has 0 atom stereocenters. The van der Waals surface area contributed by atoms with Crippen molar-refractivity contribution in [1.82, 2.24) is 5.32 Å². The molecule has 0 radical (unpaired) electrons. The number of carbonyl (C=O) groups excluding carboxylic acids is 1.